The molecule has 36 heavy (non-hydrogen) atoms. The summed E-state index contributed by atoms with van der Waals surface area (Å²) in [5, 5.41) is 0. The lowest BCUT2D eigenvalue weighted by atomic mass is 10.0. The normalized spacial score (nSPS) is 14.1. The third-order valence-electron chi connectivity index (χ3n) is 8.27. The first-order chi connectivity index (χ1) is 17.7. The fourth-order valence-electron chi connectivity index (χ4n) is 5.99. The molecule has 214 valence electrons. The van der Waals surface area contributed by atoms with Crippen molar-refractivity contribution in [2.75, 3.05) is 13.1 Å². The average molecular weight is 505 g/mol. The molecule has 1 aliphatic rings. The zero-order valence-corrected chi connectivity index (χ0v) is 25.6. The lowest BCUT2D eigenvalue weighted by molar-refractivity contribution is 0.104. The summed E-state index contributed by atoms with van der Waals surface area (Å²) < 4.78 is 0. The van der Waals surface area contributed by atoms with Crippen LogP contribution in [-0.4, -0.2) is 29.1 Å². The van der Waals surface area contributed by atoms with Crippen LogP contribution in [0.3, 0.4) is 0 Å². The Morgan fingerprint density at radius 1 is 0.417 bits per heavy atom. The summed E-state index contributed by atoms with van der Waals surface area (Å²) >= 11 is 0. The van der Waals surface area contributed by atoms with Gasteiger partial charge in [0.15, 0.2) is 0 Å². The van der Waals surface area contributed by atoms with Crippen LogP contribution in [0.25, 0.3) is 0 Å². The molecule has 1 rings (SSSR count). The smallest absolute Gasteiger partial charge is 0.103 e. The number of hydrogen-bond acceptors (Lipinski definition) is 2. The summed E-state index contributed by atoms with van der Waals surface area (Å²) in [7, 11) is 0. The van der Waals surface area contributed by atoms with Crippen LogP contribution in [0.2, 0.25) is 0 Å². The number of unbranched alkanes of at least 4 members (excludes halogenated alkanes) is 22. The molecule has 0 atom stereocenters. The van der Waals surface area contributed by atoms with Crippen molar-refractivity contribution in [3.05, 3.63) is 12.4 Å². The Bertz CT molecular complexity index is 434. The molecular weight excluding hydrogens is 436 g/mol. The first kappa shape index (κ1) is 33.4. The molecule has 0 saturated carbocycles. The first-order valence-corrected chi connectivity index (χ1v) is 16.9. The molecule has 0 N–H and O–H groups in total. The van der Waals surface area contributed by atoms with E-state index in [-0.39, 0.29) is 0 Å². The highest BCUT2D eigenvalue weighted by Gasteiger charge is 2.28. The van der Waals surface area contributed by atoms with Gasteiger partial charge in [0.05, 0.1) is 0 Å². The zero-order chi connectivity index (χ0) is 26.1. The van der Waals surface area contributed by atoms with Crippen molar-refractivity contribution < 1.29 is 0 Å². The molecule has 0 saturated heterocycles. The van der Waals surface area contributed by atoms with Crippen molar-refractivity contribution in [3.8, 4) is 0 Å². The maximum absolute atomic E-state index is 2.64. The fraction of sp³-hybridized carbons (Fsp3) is 0.941. The van der Waals surface area contributed by atoms with Crippen LogP contribution in [0, 0.1) is 5.92 Å². The average Bonchev–Trinajstić information content (AvgIpc) is 3.28. The molecule has 1 aliphatic heterocycles. The summed E-state index contributed by atoms with van der Waals surface area (Å²) in [5.74, 6) is 0.689. The third-order valence-corrected chi connectivity index (χ3v) is 8.27. The van der Waals surface area contributed by atoms with Gasteiger partial charge in [0.25, 0.3) is 0 Å². The van der Waals surface area contributed by atoms with Crippen molar-refractivity contribution in [2.24, 2.45) is 5.92 Å². The summed E-state index contributed by atoms with van der Waals surface area (Å²) in [6.45, 7) is 11.9. The molecule has 0 unspecified atom stereocenters. The highest BCUT2D eigenvalue weighted by atomic mass is 15.4. The molecule has 0 spiro atoms. The van der Waals surface area contributed by atoms with Gasteiger partial charge in [-0.3, -0.25) is 0 Å². The van der Waals surface area contributed by atoms with E-state index in [1.807, 2.05) is 0 Å². The fourth-order valence-corrected chi connectivity index (χ4v) is 5.99. The van der Waals surface area contributed by atoms with Crippen LogP contribution in [0.15, 0.2) is 12.4 Å². The molecule has 0 fully saturated rings. The molecule has 0 aromatic rings. The van der Waals surface area contributed by atoms with Gasteiger partial charge < -0.3 is 9.80 Å². The van der Waals surface area contributed by atoms with E-state index in [2.05, 4.69) is 49.9 Å². The summed E-state index contributed by atoms with van der Waals surface area (Å²) in [5.41, 5.74) is 0. The van der Waals surface area contributed by atoms with E-state index < -0.39 is 0 Å². The van der Waals surface area contributed by atoms with Gasteiger partial charge in [0.2, 0.25) is 0 Å². The van der Waals surface area contributed by atoms with Gasteiger partial charge in [-0.1, -0.05) is 169 Å². The van der Waals surface area contributed by atoms with E-state index in [1.165, 1.54) is 167 Å². The van der Waals surface area contributed by atoms with Crippen molar-refractivity contribution in [1.82, 2.24) is 9.80 Å². The monoisotopic (exact) mass is 505 g/mol. The van der Waals surface area contributed by atoms with E-state index >= 15 is 0 Å². The van der Waals surface area contributed by atoms with Gasteiger partial charge in [-0.2, -0.15) is 0 Å². The molecule has 0 aliphatic carbocycles. The molecule has 2 heteroatoms. The Labute approximate surface area is 229 Å². The second-order valence-electron chi connectivity index (χ2n) is 12.2. The van der Waals surface area contributed by atoms with Gasteiger partial charge in [-0.05, 0) is 18.8 Å². The van der Waals surface area contributed by atoms with E-state index in [1.54, 1.807) is 0 Å². The largest absolute Gasteiger partial charge is 0.356 e. The SMILES string of the molecule is CCCCCCCCCCCCCCN1C=CN(CCCCCCCCCCCCCC)C1C(C)C. The predicted octanol–water partition coefficient (Wildman–Crippen LogP) is 11.5. The lowest BCUT2D eigenvalue weighted by Crippen LogP contribution is -2.43. The predicted molar refractivity (Wildman–Crippen MR) is 163 cm³/mol. The topological polar surface area (TPSA) is 6.48 Å². The van der Waals surface area contributed by atoms with Gasteiger partial charge in [0.1, 0.15) is 6.17 Å². The molecular formula is C34H68N2. The summed E-state index contributed by atoms with van der Waals surface area (Å²) in [6.07, 6.45) is 39.8. The van der Waals surface area contributed by atoms with Gasteiger partial charge in [-0.15, -0.1) is 0 Å². The van der Waals surface area contributed by atoms with Gasteiger partial charge in [0, 0.05) is 25.5 Å². The summed E-state index contributed by atoms with van der Waals surface area (Å²) in [6, 6.07) is 0. The highest BCUT2D eigenvalue weighted by molar-refractivity contribution is 4.98. The van der Waals surface area contributed by atoms with E-state index in [9.17, 15) is 0 Å². The molecule has 0 aromatic carbocycles. The molecule has 0 radical (unpaired) electrons. The number of hydrogen-bond donors (Lipinski definition) is 0. The molecule has 1 heterocycles. The van der Waals surface area contributed by atoms with Crippen LogP contribution < -0.4 is 0 Å². The van der Waals surface area contributed by atoms with E-state index in [0.29, 0.717) is 12.1 Å². The highest BCUT2D eigenvalue weighted by Crippen LogP contribution is 2.24. The second-order valence-corrected chi connectivity index (χ2v) is 12.2. The van der Waals surface area contributed by atoms with Crippen molar-refractivity contribution in [2.45, 2.75) is 188 Å². The van der Waals surface area contributed by atoms with Crippen LogP contribution in [0.1, 0.15) is 182 Å². The summed E-state index contributed by atoms with van der Waals surface area (Å²) in [4.78, 5) is 5.28. The lowest BCUT2D eigenvalue weighted by Gasteiger charge is -2.36. The second kappa shape index (κ2) is 24.7. The molecule has 2 nitrogen and oxygen atoms in total. The Hall–Kier alpha value is -0.660. The van der Waals surface area contributed by atoms with E-state index in [0.717, 1.165) is 0 Å². The molecule has 0 aromatic heterocycles. The quantitative estimate of drug-likeness (QED) is 0.103. The zero-order valence-electron chi connectivity index (χ0n) is 25.6. The van der Waals surface area contributed by atoms with E-state index in [4.69, 9.17) is 0 Å². The maximum atomic E-state index is 2.64. The van der Waals surface area contributed by atoms with Crippen LogP contribution in [0.4, 0.5) is 0 Å². The van der Waals surface area contributed by atoms with Gasteiger partial charge >= 0.3 is 0 Å². The minimum atomic E-state index is 0.588. The maximum Gasteiger partial charge on any atom is 0.103 e. The molecule has 0 amide bonds. The Morgan fingerprint density at radius 2 is 0.667 bits per heavy atom. The van der Waals surface area contributed by atoms with Crippen molar-refractivity contribution >= 4 is 0 Å². The number of rotatable bonds is 27. The van der Waals surface area contributed by atoms with Crippen molar-refractivity contribution in [1.29, 1.82) is 0 Å². The van der Waals surface area contributed by atoms with Crippen molar-refractivity contribution in [3.63, 3.8) is 0 Å². The van der Waals surface area contributed by atoms with Crippen LogP contribution in [0.5, 0.6) is 0 Å². The Kier molecular flexibility index (Phi) is 22.9. The Balaban J connectivity index is 2.00. The third kappa shape index (κ3) is 17.7. The van der Waals surface area contributed by atoms with Crippen LogP contribution >= 0.6 is 0 Å². The minimum Gasteiger partial charge on any atom is -0.356 e. The molecule has 0 bridgehead atoms. The van der Waals surface area contributed by atoms with Gasteiger partial charge in [-0.25, -0.2) is 0 Å². The minimum absolute atomic E-state index is 0.588. The van der Waals surface area contributed by atoms with Crippen LogP contribution in [-0.2, 0) is 0 Å². The standard InChI is InChI=1S/C34H68N2/c1-5-7-9-11-13-15-17-19-21-23-25-27-29-35-31-32-36(34(35)33(3)4)30-28-26-24-22-20-18-16-14-12-10-8-6-2/h31-34H,5-30H2,1-4H3. The number of nitrogens with zero attached hydrogens (tertiary/aromatic N) is 2. The first-order valence-electron chi connectivity index (χ1n) is 16.9. The Morgan fingerprint density at radius 3 is 0.917 bits per heavy atom.